The van der Waals surface area contributed by atoms with Gasteiger partial charge < -0.3 is 10.1 Å². The molecule has 0 atom stereocenters. The first-order valence-electron chi connectivity index (χ1n) is 8.98. The number of hydrogen-bond acceptors (Lipinski definition) is 4. The van der Waals surface area contributed by atoms with Crippen LogP contribution in [0.5, 0.6) is 5.75 Å². The van der Waals surface area contributed by atoms with E-state index in [1.807, 2.05) is 12.1 Å². The van der Waals surface area contributed by atoms with Crippen LogP contribution in [-0.2, 0) is 13.2 Å². The Hall–Kier alpha value is -2.38. The third kappa shape index (κ3) is 5.58. The van der Waals surface area contributed by atoms with E-state index in [0.717, 1.165) is 31.5 Å². The molecule has 3 aromatic carbocycles. The van der Waals surface area contributed by atoms with Crippen LogP contribution in [0.15, 0.2) is 63.5 Å². The molecular formula is C22H20Br2N2O3. The van der Waals surface area contributed by atoms with Crippen molar-refractivity contribution in [2.24, 2.45) is 0 Å². The topological polar surface area (TPSA) is 64.4 Å². The zero-order chi connectivity index (χ0) is 21.0. The number of non-ortho nitro benzene ring substituents is 1. The fourth-order valence-corrected chi connectivity index (χ4v) is 4.32. The van der Waals surface area contributed by atoms with Gasteiger partial charge in [0.25, 0.3) is 5.69 Å². The van der Waals surface area contributed by atoms with Crippen LogP contribution in [0.3, 0.4) is 0 Å². The van der Waals surface area contributed by atoms with E-state index in [1.54, 1.807) is 12.1 Å². The Morgan fingerprint density at radius 1 is 1.03 bits per heavy atom. The van der Waals surface area contributed by atoms with Crippen molar-refractivity contribution in [3.05, 3.63) is 95.9 Å². The van der Waals surface area contributed by atoms with E-state index in [1.165, 1.54) is 23.3 Å². The number of anilines is 1. The minimum absolute atomic E-state index is 0.0667. The molecule has 0 radical (unpaired) electrons. The molecule has 0 spiro atoms. The number of nitrogens with zero attached hydrogens (tertiary/aromatic N) is 1. The average Bonchev–Trinajstić information content (AvgIpc) is 2.68. The second-order valence-corrected chi connectivity index (χ2v) is 8.53. The van der Waals surface area contributed by atoms with Crippen LogP contribution in [0.4, 0.5) is 11.4 Å². The lowest BCUT2D eigenvalue weighted by Gasteiger charge is -2.16. The highest BCUT2D eigenvalue weighted by atomic mass is 79.9. The molecule has 0 fully saturated rings. The van der Waals surface area contributed by atoms with Crippen molar-refractivity contribution in [3.8, 4) is 5.75 Å². The normalized spacial score (nSPS) is 10.6. The first kappa shape index (κ1) is 21.3. The minimum Gasteiger partial charge on any atom is -0.487 e. The van der Waals surface area contributed by atoms with Crippen LogP contribution < -0.4 is 10.1 Å². The van der Waals surface area contributed by atoms with E-state index in [0.29, 0.717) is 13.2 Å². The Morgan fingerprint density at radius 2 is 1.76 bits per heavy atom. The molecule has 150 valence electrons. The van der Waals surface area contributed by atoms with Gasteiger partial charge in [-0.1, -0.05) is 28.1 Å². The lowest BCUT2D eigenvalue weighted by atomic mass is 10.1. The maximum absolute atomic E-state index is 10.8. The Bertz CT molecular complexity index is 1040. The summed E-state index contributed by atoms with van der Waals surface area (Å²) in [5.41, 5.74) is 5.38. The second kappa shape index (κ2) is 9.41. The molecule has 0 aliphatic carbocycles. The number of nitro benzene ring substituents is 1. The van der Waals surface area contributed by atoms with Gasteiger partial charge in [-0.3, -0.25) is 10.1 Å². The summed E-state index contributed by atoms with van der Waals surface area (Å²) in [5.74, 6) is 0.740. The molecule has 0 aliphatic rings. The molecule has 3 rings (SSSR count). The van der Waals surface area contributed by atoms with E-state index < -0.39 is 4.92 Å². The second-order valence-electron chi connectivity index (χ2n) is 6.76. The van der Waals surface area contributed by atoms with Crippen LogP contribution in [0, 0.1) is 24.0 Å². The first-order valence-corrected chi connectivity index (χ1v) is 10.6. The summed E-state index contributed by atoms with van der Waals surface area (Å²) in [6, 6.07) is 16.7. The number of aryl methyl sites for hydroxylation is 2. The van der Waals surface area contributed by atoms with Crippen molar-refractivity contribution >= 4 is 43.2 Å². The lowest BCUT2D eigenvalue weighted by Crippen LogP contribution is -2.06. The van der Waals surface area contributed by atoms with Crippen LogP contribution >= 0.6 is 31.9 Å². The third-order valence-electron chi connectivity index (χ3n) is 4.48. The Balaban J connectivity index is 1.77. The largest absolute Gasteiger partial charge is 0.487 e. The van der Waals surface area contributed by atoms with E-state index in [9.17, 15) is 10.1 Å². The van der Waals surface area contributed by atoms with Gasteiger partial charge in [0.1, 0.15) is 12.4 Å². The summed E-state index contributed by atoms with van der Waals surface area (Å²) >= 11 is 7.12. The van der Waals surface area contributed by atoms with Crippen molar-refractivity contribution in [1.82, 2.24) is 0 Å². The molecule has 0 saturated heterocycles. The fraction of sp³-hybridized carbons (Fsp3) is 0.182. The molecular weight excluding hydrogens is 500 g/mol. The van der Waals surface area contributed by atoms with Crippen molar-refractivity contribution in [2.75, 3.05) is 5.32 Å². The summed E-state index contributed by atoms with van der Waals surface area (Å²) in [6.45, 7) is 5.05. The maximum Gasteiger partial charge on any atom is 0.269 e. The van der Waals surface area contributed by atoms with Gasteiger partial charge in [0.2, 0.25) is 0 Å². The van der Waals surface area contributed by atoms with Gasteiger partial charge >= 0.3 is 0 Å². The van der Waals surface area contributed by atoms with Crippen molar-refractivity contribution in [2.45, 2.75) is 27.0 Å². The Kier molecular flexibility index (Phi) is 6.92. The molecule has 0 aromatic heterocycles. The zero-order valence-electron chi connectivity index (χ0n) is 16.0. The van der Waals surface area contributed by atoms with E-state index in [-0.39, 0.29) is 5.69 Å². The van der Waals surface area contributed by atoms with Crippen LogP contribution in [-0.4, -0.2) is 4.92 Å². The highest BCUT2D eigenvalue weighted by molar-refractivity contribution is 9.11. The number of ether oxygens (including phenoxy) is 1. The number of halogens is 2. The van der Waals surface area contributed by atoms with Gasteiger partial charge in [0.05, 0.1) is 9.40 Å². The van der Waals surface area contributed by atoms with Crippen molar-refractivity contribution < 1.29 is 9.66 Å². The maximum atomic E-state index is 10.8. The van der Waals surface area contributed by atoms with E-state index >= 15 is 0 Å². The standard InChI is InChI=1S/C22H20Br2N2O3/c1-14-3-4-15(2)21(9-14)25-12-17-10-18(23)11-20(24)22(17)29-13-16-5-7-19(8-6-16)26(27)28/h3-11,25H,12-13H2,1-2H3. The highest BCUT2D eigenvalue weighted by Crippen LogP contribution is 2.34. The van der Waals surface area contributed by atoms with Gasteiger partial charge in [0, 0.05) is 34.4 Å². The highest BCUT2D eigenvalue weighted by Gasteiger charge is 2.12. The SMILES string of the molecule is Cc1ccc(C)c(NCc2cc(Br)cc(Br)c2OCc2ccc([N+](=O)[O-])cc2)c1. The predicted molar refractivity (Wildman–Crippen MR) is 123 cm³/mol. The molecule has 0 heterocycles. The van der Waals surface area contributed by atoms with Crippen molar-refractivity contribution in [3.63, 3.8) is 0 Å². The summed E-state index contributed by atoms with van der Waals surface area (Å²) in [5, 5.41) is 14.3. The van der Waals surface area contributed by atoms with Gasteiger partial charge in [-0.05, 0) is 76.8 Å². The first-order chi connectivity index (χ1) is 13.8. The zero-order valence-corrected chi connectivity index (χ0v) is 19.2. The molecule has 0 bridgehead atoms. The Labute approximate surface area is 186 Å². The molecule has 5 nitrogen and oxygen atoms in total. The van der Waals surface area contributed by atoms with Crippen molar-refractivity contribution in [1.29, 1.82) is 0 Å². The quantitative estimate of drug-likeness (QED) is 0.271. The average molecular weight is 520 g/mol. The number of nitro groups is 1. The number of hydrogen-bond donors (Lipinski definition) is 1. The van der Waals surface area contributed by atoms with Gasteiger partial charge in [-0.25, -0.2) is 0 Å². The van der Waals surface area contributed by atoms with Crippen LogP contribution in [0.25, 0.3) is 0 Å². The number of benzene rings is 3. The van der Waals surface area contributed by atoms with Gasteiger partial charge in [-0.15, -0.1) is 0 Å². The molecule has 0 unspecified atom stereocenters. The summed E-state index contributed by atoms with van der Waals surface area (Å²) in [4.78, 5) is 10.4. The molecule has 0 saturated carbocycles. The van der Waals surface area contributed by atoms with Crippen LogP contribution in [0.2, 0.25) is 0 Å². The monoisotopic (exact) mass is 518 g/mol. The van der Waals surface area contributed by atoms with Gasteiger partial charge in [0.15, 0.2) is 0 Å². The predicted octanol–water partition coefficient (Wildman–Crippen LogP) is 6.93. The van der Waals surface area contributed by atoms with E-state index in [2.05, 4.69) is 69.2 Å². The Morgan fingerprint density at radius 3 is 2.45 bits per heavy atom. The smallest absolute Gasteiger partial charge is 0.269 e. The summed E-state index contributed by atoms with van der Waals surface area (Å²) < 4.78 is 7.86. The third-order valence-corrected chi connectivity index (χ3v) is 5.52. The summed E-state index contributed by atoms with van der Waals surface area (Å²) in [7, 11) is 0. The fourth-order valence-electron chi connectivity index (χ4n) is 2.89. The molecule has 3 aromatic rings. The lowest BCUT2D eigenvalue weighted by molar-refractivity contribution is -0.384. The molecule has 0 aliphatic heterocycles. The molecule has 7 heteroatoms. The molecule has 29 heavy (non-hydrogen) atoms. The van der Waals surface area contributed by atoms with E-state index in [4.69, 9.17) is 4.74 Å². The minimum atomic E-state index is -0.410. The molecule has 1 N–H and O–H groups in total. The number of nitrogens with one attached hydrogen (secondary N) is 1. The molecule has 0 amide bonds. The van der Waals surface area contributed by atoms with Gasteiger partial charge in [-0.2, -0.15) is 0 Å². The number of rotatable bonds is 7. The van der Waals surface area contributed by atoms with Crippen LogP contribution in [0.1, 0.15) is 22.3 Å². The summed E-state index contributed by atoms with van der Waals surface area (Å²) in [6.07, 6.45) is 0.